The molecule has 1 atom stereocenters. The average Bonchev–Trinajstić information content (AvgIpc) is 2.81. The second-order valence-electron chi connectivity index (χ2n) is 7.67. The van der Waals surface area contributed by atoms with Gasteiger partial charge in [0.15, 0.2) is 0 Å². The van der Waals surface area contributed by atoms with Crippen molar-refractivity contribution in [2.75, 3.05) is 6.54 Å². The smallest absolute Gasteiger partial charge is 0.407 e. The van der Waals surface area contributed by atoms with Crippen LogP contribution in [0.25, 0.3) is 0 Å². The van der Waals surface area contributed by atoms with Crippen LogP contribution < -0.4 is 5.32 Å². The van der Waals surface area contributed by atoms with Crippen LogP contribution in [0.4, 0.5) is 4.79 Å². The lowest BCUT2D eigenvalue weighted by molar-refractivity contribution is 0.139. The van der Waals surface area contributed by atoms with E-state index in [-0.39, 0.29) is 6.09 Å². The van der Waals surface area contributed by atoms with E-state index in [2.05, 4.69) is 53.8 Å². The van der Waals surface area contributed by atoms with Crippen molar-refractivity contribution in [2.45, 2.75) is 42.4 Å². The van der Waals surface area contributed by atoms with E-state index in [0.717, 1.165) is 30.6 Å². The third-order valence-electron chi connectivity index (χ3n) is 5.51. The van der Waals surface area contributed by atoms with Crippen molar-refractivity contribution in [3.8, 4) is 0 Å². The highest BCUT2D eigenvalue weighted by atomic mass is 32.2. The highest BCUT2D eigenvalue weighted by Crippen LogP contribution is 2.34. The number of nitrogens with one attached hydrogen (secondary N) is 1. The maximum atomic E-state index is 12.1. The van der Waals surface area contributed by atoms with Crippen molar-refractivity contribution in [2.24, 2.45) is 0 Å². The molecule has 0 radical (unpaired) electrons. The summed E-state index contributed by atoms with van der Waals surface area (Å²) >= 11 is 1.88. The first kappa shape index (κ1) is 20.5. The summed E-state index contributed by atoms with van der Waals surface area (Å²) in [4.78, 5) is 13.4. The Bertz CT molecular complexity index is 959. The zero-order valence-corrected chi connectivity index (χ0v) is 17.9. The number of carbonyl (C=O) groups excluding carboxylic acids is 1. The summed E-state index contributed by atoms with van der Waals surface area (Å²) < 4.78 is 5.35. The summed E-state index contributed by atoms with van der Waals surface area (Å²) in [5.74, 6) is 1.34. The van der Waals surface area contributed by atoms with E-state index in [1.807, 2.05) is 42.1 Å². The monoisotopic (exact) mass is 417 g/mol. The minimum absolute atomic E-state index is 0.302. The van der Waals surface area contributed by atoms with Crippen molar-refractivity contribution in [1.29, 1.82) is 0 Å². The lowest BCUT2D eigenvalue weighted by atomic mass is 9.83. The minimum Gasteiger partial charge on any atom is -0.445 e. The van der Waals surface area contributed by atoms with Gasteiger partial charge in [0.2, 0.25) is 0 Å². The SMILES string of the molecule is O=C(NC[C@@H]1CCCc2cc(SCc3ccccc3)ccc21)OCc1ccccc1. The summed E-state index contributed by atoms with van der Waals surface area (Å²) in [6, 6.07) is 27.1. The second-order valence-corrected chi connectivity index (χ2v) is 8.72. The van der Waals surface area contributed by atoms with Crippen LogP contribution in [0, 0.1) is 0 Å². The fraction of sp³-hybridized carbons (Fsp3) is 0.269. The molecule has 0 unspecified atom stereocenters. The van der Waals surface area contributed by atoms with E-state index in [1.165, 1.54) is 21.6 Å². The molecule has 4 rings (SSSR count). The average molecular weight is 418 g/mol. The van der Waals surface area contributed by atoms with Crippen molar-refractivity contribution in [3.05, 3.63) is 101 Å². The van der Waals surface area contributed by atoms with Crippen LogP contribution in [0.5, 0.6) is 0 Å². The molecule has 0 spiro atoms. The van der Waals surface area contributed by atoms with E-state index >= 15 is 0 Å². The van der Waals surface area contributed by atoms with Crippen LogP contribution in [0.2, 0.25) is 0 Å². The molecule has 154 valence electrons. The predicted molar refractivity (Wildman–Crippen MR) is 123 cm³/mol. The molecule has 1 amide bonds. The van der Waals surface area contributed by atoms with Gasteiger partial charge >= 0.3 is 6.09 Å². The number of ether oxygens (including phenoxy) is 1. The summed E-state index contributed by atoms with van der Waals surface area (Å²) in [6.45, 7) is 0.924. The number of carbonyl (C=O) groups is 1. The molecule has 30 heavy (non-hydrogen) atoms. The Balaban J connectivity index is 1.30. The van der Waals surface area contributed by atoms with Crippen LogP contribution >= 0.6 is 11.8 Å². The third kappa shape index (κ3) is 5.67. The van der Waals surface area contributed by atoms with Gasteiger partial charge in [-0.15, -0.1) is 11.8 Å². The van der Waals surface area contributed by atoms with E-state index in [0.29, 0.717) is 19.1 Å². The molecule has 3 aromatic rings. The van der Waals surface area contributed by atoms with Crippen LogP contribution in [-0.4, -0.2) is 12.6 Å². The molecule has 1 N–H and O–H groups in total. The second kappa shape index (κ2) is 10.4. The van der Waals surface area contributed by atoms with Gasteiger partial charge in [0.05, 0.1) is 0 Å². The Hall–Kier alpha value is -2.72. The number of hydrogen-bond donors (Lipinski definition) is 1. The van der Waals surface area contributed by atoms with E-state index in [4.69, 9.17) is 4.74 Å². The van der Waals surface area contributed by atoms with Gasteiger partial charge in [-0.3, -0.25) is 0 Å². The van der Waals surface area contributed by atoms with Crippen molar-refractivity contribution in [3.63, 3.8) is 0 Å². The van der Waals surface area contributed by atoms with Gasteiger partial charge in [-0.1, -0.05) is 66.7 Å². The van der Waals surface area contributed by atoms with Crippen LogP contribution in [-0.2, 0) is 23.5 Å². The number of thioether (sulfide) groups is 1. The zero-order valence-electron chi connectivity index (χ0n) is 17.1. The van der Waals surface area contributed by atoms with Crippen LogP contribution in [0.3, 0.4) is 0 Å². The number of benzene rings is 3. The lowest BCUT2D eigenvalue weighted by Crippen LogP contribution is -2.30. The molecule has 0 aromatic heterocycles. The molecule has 0 fully saturated rings. The Morgan fingerprint density at radius 1 is 0.967 bits per heavy atom. The third-order valence-corrected chi connectivity index (χ3v) is 6.57. The van der Waals surface area contributed by atoms with Gasteiger partial charge in [0, 0.05) is 23.1 Å². The first-order valence-electron chi connectivity index (χ1n) is 10.5. The summed E-state index contributed by atoms with van der Waals surface area (Å²) in [7, 11) is 0. The molecule has 0 bridgehead atoms. The predicted octanol–water partition coefficient (Wildman–Crippen LogP) is 6.33. The maximum Gasteiger partial charge on any atom is 0.407 e. The van der Waals surface area contributed by atoms with Gasteiger partial charge in [-0.25, -0.2) is 4.79 Å². The molecule has 3 aromatic carbocycles. The summed E-state index contributed by atoms with van der Waals surface area (Å²) in [5, 5.41) is 2.96. The molecule has 1 aliphatic rings. The first-order chi connectivity index (χ1) is 14.8. The molecule has 0 saturated carbocycles. The number of rotatable bonds is 7. The highest BCUT2D eigenvalue weighted by molar-refractivity contribution is 7.98. The van der Waals surface area contributed by atoms with Crippen LogP contribution in [0.1, 0.15) is 41.0 Å². The summed E-state index contributed by atoms with van der Waals surface area (Å²) in [5.41, 5.74) is 5.13. The Morgan fingerprint density at radius 2 is 1.70 bits per heavy atom. The van der Waals surface area contributed by atoms with Crippen molar-refractivity contribution >= 4 is 17.9 Å². The normalized spacial score (nSPS) is 15.3. The van der Waals surface area contributed by atoms with Gasteiger partial charge in [0.1, 0.15) is 6.61 Å². The van der Waals surface area contributed by atoms with Gasteiger partial charge in [0.25, 0.3) is 0 Å². The first-order valence-corrected chi connectivity index (χ1v) is 11.5. The molecular formula is C26H27NO2S. The minimum atomic E-state index is -0.346. The fourth-order valence-corrected chi connectivity index (χ4v) is 4.83. The summed E-state index contributed by atoms with van der Waals surface area (Å²) in [6.07, 6.45) is 3.03. The number of alkyl carbamates (subject to hydrolysis) is 1. The van der Waals surface area contributed by atoms with E-state index in [9.17, 15) is 4.79 Å². The molecule has 0 saturated heterocycles. The number of amides is 1. The Morgan fingerprint density at radius 3 is 2.47 bits per heavy atom. The van der Waals surface area contributed by atoms with E-state index < -0.39 is 0 Å². The van der Waals surface area contributed by atoms with Gasteiger partial charge in [-0.05, 0) is 53.6 Å². The van der Waals surface area contributed by atoms with Gasteiger partial charge in [-0.2, -0.15) is 0 Å². The topological polar surface area (TPSA) is 38.3 Å². The lowest BCUT2D eigenvalue weighted by Gasteiger charge is -2.26. The number of hydrogen-bond acceptors (Lipinski definition) is 3. The number of aryl methyl sites for hydroxylation is 1. The number of fused-ring (bicyclic) bond motifs is 1. The molecule has 3 nitrogen and oxygen atoms in total. The quantitative estimate of drug-likeness (QED) is 0.457. The standard InChI is InChI=1S/C26H27NO2S/c28-26(29-18-20-8-3-1-4-9-20)27-17-23-13-7-12-22-16-24(14-15-25(22)23)30-19-21-10-5-2-6-11-21/h1-6,8-11,14-16,23H,7,12-13,17-19H2,(H,27,28)/t23-/m0/s1. The molecular weight excluding hydrogens is 390 g/mol. The maximum absolute atomic E-state index is 12.1. The Labute approximate surface area is 182 Å². The Kier molecular flexibility index (Phi) is 7.09. The van der Waals surface area contributed by atoms with Crippen molar-refractivity contribution < 1.29 is 9.53 Å². The highest BCUT2D eigenvalue weighted by Gasteiger charge is 2.21. The fourth-order valence-electron chi connectivity index (χ4n) is 3.91. The zero-order chi connectivity index (χ0) is 20.6. The van der Waals surface area contributed by atoms with Crippen molar-refractivity contribution in [1.82, 2.24) is 5.32 Å². The van der Waals surface area contributed by atoms with Gasteiger partial charge < -0.3 is 10.1 Å². The molecule has 0 aliphatic heterocycles. The molecule has 0 heterocycles. The van der Waals surface area contributed by atoms with Crippen LogP contribution in [0.15, 0.2) is 83.8 Å². The molecule has 1 aliphatic carbocycles. The molecule has 4 heteroatoms. The van der Waals surface area contributed by atoms with E-state index in [1.54, 1.807) is 0 Å². The largest absolute Gasteiger partial charge is 0.445 e.